The van der Waals surface area contributed by atoms with Crippen molar-refractivity contribution in [1.29, 1.82) is 0 Å². The number of piperidine rings is 1. The van der Waals surface area contributed by atoms with Crippen LogP contribution in [0.25, 0.3) is 0 Å². The van der Waals surface area contributed by atoms with Crippen LogP contribution < -0.4 is 0 Å². The van der Waals surface area contributed by atoms with Crippen LogP contribution >= 0.6 is 0 Å². The van der Waals surface area contributed by atoms with Gasteiger partial charge >= 0.3 is 11.9 Å². The number of ether oxygens (including phenoxy) is 2. The van der Waals surface area contributed by atoms with Crippen molar-refractivity contribution in [1.82, 2.24) is 4.90 Å². The topological polar surface area (TPSA) is 72.9 Å². The van der Waals surface area contributed by atoms with Crippen LogP contribution in [0.4, 0.5) is 0 Å². The maximum atomic E-state index is 13.9. The van der Waals surface area contributed by atoms with E-state index in [1.165, 1.54) is 7.11 Å². The Bertz CT molecular complexity index is 945. The number of esters is 2. The molecule has 156 valence electrons. The Kier molecular flexibility index (Phi) is 5.43. The minimum Gasteiger partial charge on any atom is -0.468 e. The van der Waals surface area contributed by atoms with Gasteiger partial charge in [-0.3, -0.25) is 14.5 Å². The number of carbonyl (C=O) groups is 3. The van der Waals surface area contributed by atoms with E-state index in [-0.39, 0.29) is 11.8 Å². The van der Waals surface area contributed by atoms with Gasteiger partial charge in [-0.25, -0.2) is 4.79 Å². The summed E-state index contributed by atoms with van der Waals surface area (Å²) in [6.07, 6.45) is 0.994. The second-order valence-electron chi connectivity index (χ2n) is 7.96. The van der Waals surface area contributed by atoms with Crippen LogP contribution in [-0.4, -0.2) is 55.0 Å². The van der Waals surface area contributed by atoms with Gasteiger partial charge in [0, 0.05) is 24.1 Å². The van der Waals surface area contributed by atoms with E-state index in [0.717, 1.165) is 6.42 Å². The van der Waals surface area contributed by atoms with Crippen molar-refractivity contribution in [2.45, 2.75) is 37.5 Å². The lowest BCUT2D eigenvalue weighted by atomic mass is 9.66. The lowest BCUT2D eigenvalue weighted by Gasteiger charge is -2.48. The molecule has 2 fully saturated rings. The molecule has 0 radical (unpaired) electrons. The fourth-order valence-corrected chi connectivity index (χ4v) is 5.06. The molecule has 2 bridgehead atoms. The molecule has 6 heteroatoms. The molecule has 2 aromatic rings. The van der Waals surface area contributed by atoms with Crippen LogP contribution in [0.2, 0.25) is 0 Å². The first-order valence-corrected chi connectivity index (χ1v) is 10.2. The Morgan fingerprint density at radius 2 is 1.53 bits per heavy atom. The van der Waals surface area contributed by atoms with Gasteiger partial charge in [-0.2, -0.15) is 0 Å². The maximum absolute atomic E-state index is 13.9. The maximum Gasteiger partial charge on any atom is 0.338 e. The molecule has 2 saturated heterocycles. The molecule has 0 saturated carbocycles. The molecular formula is C24H25NO5. The average molecular weight is 407 g/mol. The average Bonchev–Trinajstić information content (AvgIpc) is 3.05. The zero-order chi connectivity index (χ0) is 21.3. The SMILES string of the molecule is COC(=O)[C@@]1(C(=O)c2ccccc2)[C@@H](OC(=O)c2ccccc2)C[C@H]2CC[C@@H]1N2C. The number of Topliss-reactive ketones (excluding diaryl/α,β-unsaturated/α-hetero) is 1. The van der Waals surface area contributed by atoms with Crippen molar-refractivity contribution in [3.8, 4) is 0 Å². The molecule has 0 spiro atoms. The van der Waals surface area contributed by atoms with Crippen molar-refractivity contribution in [2.75, 3.05) is 14.2 Å². The first kappa shape index (κ1) is 20.3. The lowest BCUT2D eigenvalue weighted by Crippen LogP contribution is -2.65. The molecule has 0 unspecified atom stereocenters. The Balaban J connectivity index is 1.80. The Hall–Kier alpha value is -2.99. The summed E-state index contributed by atoms with van der Waals surface area (Å²) < 4.78 is 11.1. The smallest absolute Gasteiger partial charge is 0.338 e. The second kappa shape index (κ2) is 8.03. The Morgan fingerprint density at radius 3 is 2.13 bits per heavy atom. The number of rotatable bonds is 5. The van der Waals surface area contributed by atoms with Gasteiger partial charge in [0.1, 0.15) is 6.10 Å². The number of ketones is 1. The minimum atomic E-state index is -1.61. The van der Waals surface area contributed by atoms with Gasteiger partial charge in [0.2, 0.25) is 0 Å². The van der Waals surface area contributed by atoms with Crippen LogP contribution in [0.15, 0.2) is 60.7 Å². The Labute approximate surface area is 175 Å². The number of nitrogens with zero attached hydrogens (tertiary/aromatic N) is 1. The Morgan fingerprint density at radius 1 is 0.933 bits per heavy atom. The highest BCUT2D eigenvalue weighted by molar-refractivity contribution is 6.14. The normalized spacial score (nSPS) is 28.0. The summed E-state index contributed by atoms with van der Waals surface area (Å²) in [6.45, 7) is 0. The summed E-state index contributed by atoms with van der Waals surface area (Å²) >= 11 is 0. The molecule has 0 amide bonds. The summed E-state index contributed by atoms with van der Waals surface area (Å²) in [5.74, 6) is -1.56. The first-order valence-electron chi connectivity index (χ1n) is 10.2. The predicted octanol–water partition coefficient (Wildman–Crippen LogP) is 3.12. The highest BCUT2D eigenvalue weighted by atomic mass is 16.6. The van der Waals surface area contributed by atoms with Crippen LogP contribution in [0.1, 0.15) is 40.0 Å². The molecule has 2 heterocycles. The third kappa shape index (κ3) is 3.12. The molecule has 6 nitrogen and oxygen atoms in total. The number of benzene rings is 2. The monoisotopic (exact) mass is 407 g/mol. The highest BCUT2D eigenvalue weighted by Gasteiger charge is 2.66. The van der Waals surface area contributed by atoms with E-state index in [4.69, 9.17) is 9.47 Å². The quantitative estimate of drug-likeness (QED) is 0.431. The van der Waals surface area contributed by atoms with Crippen molar-refractivity contribution < 1.29 is 23.9 Å². The molecule has 30 heavy (non-hydrogen) atoms. The van der Waals surface area contributed by atoms with Gasteiger partial charge < -0.3 is 9.47 Å². The fraction of sp³-hybridized carbons (Fsp3) is 0.375. The predicted molar refractivity (Wildman–Crippen MR) is 110 cm³/mol. The van der Waals surface area contributed by atoms with E-state index in [1.807, 2.05) is 19.2 Å². The molecule has 4 atom stereocenters. The van der Waals surface area contributed by atoms with Crippen LogP contribution in [0.5, 0.6) is 0 Å². The minimum absolute atomic E-state index is 0.143. The van der Waals surface area contributed by atoms with Gasteiger partial charge in [-0.15, -0.1) is 0 Å². The van der Waals surface area contributed by atoms with Gasteiger partial charge in [0.05, 0.1) is 12.7 Å². The van der Waals surface area contributed by atoms with Gasteiger partial charge in [0.15, 0.2) is 11.2 Å². The number of carbonyl (C=O) groups excluding carboxylic acids is 3. The molecule has 0 aliphatic carbocycles. The lowest BCUT2D eigenvalue weighted by molar-refractivity contribution is -0.165. The van der Waals surface area contributed by atoms with E-state index in [1.54, 1.807) is 48.5 Å². The van der Waals surface area contributed by atoms with Crippen LogP contribution in [0.3, 0.4) is 0 Å². The van der Waals surface area contributed by atoms with E-state index >= 15 is 0 Å². The molecule has 4 rings (SSSR count). The van der Waals surface area contributed by atoms with Crippen LogP contribution in [-0.2, 0) is 14.3 Å². The molecular weight excluding hydrogens is 382 g/mol. The summed E-state index contributed by atoms with van der Waals surface area (Å²) in [5, 5.41) is 0. The third-order valence-corrected chi connectivity index (χ3v) is 6.55. The summed E-state index contributed by atoms with van der Waals surface area (Å²) in [4.78, 5) is 42.1. The van der Waals surface area contributed by atoms with E-state index in [0.29, 0.717) is 24.0 Å². The van der Waals surface area contributed by atoms with Crippen molar-refractivity contribution in [2.24, 2.45) is 5.41 Å². The van der Waals surface area contributed by atoms with Crippen molar-refractivity contribution in [3.63, 3.8) is 0 Å². The molecule has 2 aliphatic heterocycles. The first-order chi connectivity index (χ1) is 14.5. The van der Waals surface area contributed by atoms with E-state index < -0.39 is 29.5 Å². The molecule has 0 N–H and O–H groups in total. The van der Waals surface area contributed by atoms with Crippen molar-refractivity contribution >= 4 is 17.7 Å². The van der Waals surface area contributed by atoms with Gasteiger partial charge in [-0.05, 0) is 32.0 Å². The van der Waals surface area contributed by atoms with Crippen molar-refractivity contribution in [3.05, 3.63) is 71.8 Å². The number of methoxy groups -OCH3 is 1. The highest BCUT2D eigenvalue weighted by Crippen LogP contribution is 2.50. The number of hydrogen-bond donors (Lipinski definition) is 0. The second-order valence-corrected chi connectivity index (χ2v) is 7.96. The fourth-order valence-electron chi connectivity index (χ4n) is 5.06. The van der Waals surface area contributed by atoms with E-state index in [2.05, 4.69) is 4.90 Å². The largest absolute Gasteiger partial charge is 0.468 e. The van der Waals surface area contributed by atoms with Gasteiger partial charge in [0.25, 0.3) is 0 Å². The zero-order valence-corrected chi connectivity index (χ0v) is 17.1. The summed E-state index contributed by atoms with van der Waals surface area (Å²) in [6, 6.07) is 17.1. The van der Waals surface area contributed by atoms with E-state index in [9.17, 15) is 14.4 Å². The summed E-state index contributed by atoms with van der Waals surface area (Å²) in [5.41, 5.74) is -0.820. The zero-order valence-electron chi connectivity index (χ0n) is 17.1. The number of fused-ring (bicyclic) bond motifs is 2. The summed E-state index contributed by atoms with van der Waals surface area (Å²) in [7, 11) is 3.20. The molecule has 0 aromatic heterocycles. The molecule has 2 aliphatic rings. The van der Waals surface area contributed by atoms with Gasteiger partial charge in [-0.1, -0.05) is 48.5 Å². The third-order valence-electron chi connectivity index (χ3n) is 6.55. The number of hydrogen-bond acceptors (Lipinski definition) is 6. The standard InChI is InChI=1S/C24H25NO5/c1-25-18-13-14-19(25)24(23(28)29-2,21(26)16-9-5-3-6-10-16)20(15-18)30-22(27)17-11-7-4-8-12-17/h3-12,18-20H,13-15H2,1-2H3/t18-,19+,20+,24-/m1/s1. The van der Waals surface area contributed by atoms with Crippen LogP contribution in [0, 0.1) is 5.41 Å². The molecule has 2 aromatic carbocycles.